The smallest absolute Gasteiger partial charge is 0.257 e. The van der Waals surface area contributed by atoms with Crippen molar-refractivity contribution >= 4 is 28.6 Å². The number of carbonyl (C=O) groups is 1. The molecule has 0 aromatic carbocycles. The average molecular weight is 441 g/mol. The van der Waals surface area contributed by atoms with Crippen LogP contribution < -0.4 is 0 Å². The minimum Gasteiger partial charge on any atom is -0.361 e. The number of carbonyl (C=O) groups excluding carboxylic acids is 1. The van der Waals surface area contributed by atoms with Gasteiger partial charge in [0.2, 0.25) is 0 Å². The molecule has 5 heterocycles. The van der Waals surface area contributed by atoms with E-state index in [-0.39, 0.29) is 11.8 Å². The Morgan fingerprint density at radius 1 is 1.33 bits per heavy atom. The zero-order valence-corrected chi connectivity index (χ0v) is 18.5. The third-order valence-electron chi connectivity index (χ3n) is 6.08. The minimum absolute atomic E-state index is 0.0443. The fraction of sp³-hybridized carbons (Fsp3) is 0.409. The number of hydrogen-bond donors (Lipinski definition) is 0. The molecule has 6 nitrogen and oxygen atoms in total. The van der Waals surface area contributed by atoms with Crippen LogP contribution in [-0.4, -0.2) is 57.5 Å². The molecule has 5 rings (SSSR count). The Balaban J connectivity index is 1.46. The van der Waals surface area contributed by atoms with E-state index in [4.69, 9.17) is 4.74 Å². The minimum atomic E-state index is -0.865. The Morgan fingerprint density at radius 3 is 3.00 bits per heavy atom. The number of rotatable bonds is 5. The van der Waals surface area contributed by atoms with Crippen molar-refractivity contribution in [3.63, 3.8) is 0 Å². The molecule has 0 aliphatic carbocycles. The van der Waals surface area contributed by atoms with Crippen LogP contribution in [0.15, 0.2) is 46.9 Å². The van der Waals surface area contributed by atoms with Crippen molar-refractivity contribution in [1.82, 2.24) is 19.8 Å². The molecule has 2 fully saturated rings. The summed E-state index contributed by atoms with van der Waals surface area (Å²) < 4.78 is 6.36. The molecule has 2 aliphatic heterocycles. The summed E-state index contributed by atoms with van der Waals surface area (Å²) in [6.07, 6.45) is 3.65. The van der Waals surface area contributed by atoms with Gasteiger partial charge < -0.3 is 9.64 Å². The van der Waals surface area contributed by atoms with Crippen LogP contribution >= 0.6 is 22.7 Å². The van der Waals surface area contributed by atoms with Gasteiger partial charge in [-0.3, -0.25) is 14.7 Å². The van der Waals surface area contributed by atoms with Gasteiger partial charge in [0.1, 0.15) is 0 Å². The van der Waals surface area contributed by atoms with Crippen molar-refractivity contribution in [3.05, 3.63) is 68.6 Å². The monoisotopic (exact) mass is 440 g/mol. The Morgan fingerprint density at radius 2 is 2.27 bits per heavy atom. The van der Waals surface area contributed by atoms with Gasteiger partial charge in [0.15, 0.2) is 5.60 Å². The molecule has 30 heavy (non-hydrogen) atoms. The molecule has 1 spiro atoms. The molecule has 0 bridgehead atoms. The van der Waals surface area contributed by atoms with E-state index in [9.17, 15) is 4.79 Å². The molecule has 2 aliphatic rings. The topological polar surface area (TPSA) is 58.6 Å². The van der Waals surface area contributed by atoms with Gasteiger partial charge in [0.25, 0.3) is 5.91 Å². The fourth-order valence-electron chi connectivity index (χ4n) is 4.56. The highest BCUT2D eigenvalue weighted by atomic mass is 32.1. The van der Waals surface area contributed by atoms with Gasteiger partial charge >= 0.3 is 0 Å². The van der Waals surface area contributed by atoms with Crippen LogP contribution in [0.1, 0.15) is 27.6 Å². The van der Waals surface area contributed by atoms with E-state index in [1.54, 1.807) is 28.9 Å². The number of nitrogens with zero attached hydrogens (tertiary/aromatic N) is 4. The number of amides is 1. The fourth-order valence-corrected chi connectivity index (χ4v) is 6.03. The van der Waals surface area contributed by atoms with Gasteiger partial charge in [0.05, 0.1) is 17.8 Å². The van der Waals surface area contributed by atoms with Crippen molar-refractivity contribution < 1.29 is 9.53 Å². The maximum Gasteiger partial charge on any atom is 0.257 e. The third-order valence-corrected chi connectivity index (χ3v) is 7.74. The van der Waals surface area contributed by atoms with Gasteiger partial charge in [-0.1, -0.05) is 6.07 Å². The van der Waals surface area contributed by atoms with Crippen LogP contribution in [0.25, 0.3) is 0 Å². The number of thiazole rings is 1. The van der Waals surface area contributed by atoms with Crippen molar-refractivity contribution in [2.75, 3.05) is 26.2 Å². The highest BCUT2D eigenvalue weighted by molar-refractivity contribution is 7.09. The second-order valence-electron chi connectivity index (χ2n) is 7.97. The number of morpholine rings is 1. The van der Waals surface area contributed by atoms with E-state index in [0.717, 1.165) is 24.3 Å². The Kier molecular flexibility index (Phi) is 5.41. The predicted molar refractivity (Wildman–Crippen MR) is 118 cm³/mol. The van der Waals surface area contributed by atoms with Crippen LogP contribution in [0, 0.1) is 6.92 Å². The lowest BCUT2D eigenvalue weighted by Gasteiger charge is -2.42. The summed E-state index contributed by atoms with van der Waals surface area (Å²) in [5.74, 6) is 0.0505. The van der Waals surface area contributed by atoms with E-state index in [2.05, 4.69) is 37.8 Å². The number of likely N-dealkylation sites (tertiary alicyclic amines) is 1. The average Bonchev–Trinajstić information content (AvgIpc) is 3.49. The van der Waals surface area contributed by atoms with Crippen LogP contribution in [-0.2, 0) is 22.6 Å². The molecule has 8 heteroatoms. The van der Waals surface area contributed by atoms with Crippen LogP contribution in [0.5, 0.6) is 0 Å². The second kappa shape index (κ2) is 8.19. The lowest BCUT2D eigenvalue weighted by molar-refractivity contribution is -0.173. The first kappa shape index (κ1) is 19.8. The zero-order chi connectivity index (χ0) is 20.6. The van der Waals surface area contributed by atoms with Gasteiger partial charge in [-0.2, -0.15) is 11.3 Å². The highest BCUT2D eigenvalue weighted by Crippen LogP contribution is 2.42. The van der Waals surface area contributed by atoms with Gasteiger partial charge in [-0.15, -0.1) is 11.3 Å². The summed E-state index contributed by atoms with van der Waals surface area (Å²) >= 11 is 3.34. The third kappa shape index (κ3) is 3.58. The van der Waals surface area contributed by atoms with Crippen LogP contribution in [0.2, 0.25) is 0 Å². The molecule has 156 valence electrons. The lowest BCUT2D eigenvalue weighted by atomic mass is 9.83. The van der Waals surface area contributed by atoms with E-state index in [1.165, 1.54) is 10.4 Å². The SMILES string of the molecule is Cc1ncsc1CN1C[C@@H](c2cccnc2)[C@]2(C1)OCCN(Cc1ccsc1)C2=O. The first-order valence-corrected chi connectivity index (χ1v) is 11.9. The molecular weight excluding hydrogens is 416 g/mol. The first-order valence-electron chi connectivity index (χ1n) is 10.1. The normalized spacial score (nSPS) is 24.8. The molecule has 3 aromatic heterocycles. The summed E-state index contributed by atoms with van der Waals surface area (Å²) in [6, 6.07) is 6.09. The maximum absolute atomic E-state index is 13.8. The van der Waals surface area contributed by atoms with E-state index < -0.39 is 5.60 Å². The molecule has 1 amide bonds. The quantitative estimate of drug-likeness (QED) is 0.609. The zero-order valence-electron chi connectivity index (χ0n) is 16.9. The lowest BCUT2D eigenvalue weighted by Crippen LogP contribution is -2.59. The molecule has 0 N–H and O–H groups in total. The van der Waals surface area contributed by atoms with Crippen molar-refractivity contribution in [2.45, 2.75) is 31.5 Å². The second-order valence-corrected chi connectivity index (χ2v) is 9.69. The summed E-state index contributed by atoms with van der Waals surface area (Å²) in [7, 11) is 0. The molecule has 3 aromatic rings. The van der Waals surface area contributed by atoms with Crippen molar-refractivity contribution in [1.29, 1.82) is 0 Å². The van der Waals surface area contributed by atoms with E-state index >= 15 is 0 Å². The Bertz CT molecular complexity index is 1010. The van der Waals surface area contributed by atoms with Crippen LogP contribution in [0.4, 0.5) is 0 Å². The number of aryl methyl sites for hydroxylation is 1. The molecule has 0 radical (unpaired) electrons. The largest absolute Gasteiger partial charge is 0.361 e. The van der Waals surface area contributed by atoms with Crippen molar-refractivity contribution in [2.24, 2.45) is 0 Å². The molecule has 2 saturated heterocycles. The molecule has 0 unspecified atom stereocenters. The van der Waals surface area contributed by atoms with E-state index in [1.807, 2.05) is 29.6 Å². The number of hydrogen-bond acceptors (Lipinski definition) is 7. The molecule has 2 atom stereocenters. The Labute approximate surface area is 184 Å². The van der Waals surface area contributed by atoms with Crippen molar-refractivity contribution in [3.8, 4) is 0 Å². The first-order chi connectivity index (χ1) is 14.7. The summed E-state index contributed by atoms with van der Waals surface area (Å²) in [6.45, 7) is 6.01. The standard InChI is InChI=1S/C22H24N4O2S2/c1-16-20(30-15-24-16)12-25-11-19(18-3-2-5-23-9-18)22(14-25)21(27)26(6-7-28-22)10-17-4-8-29-13-17/h2-5,8-9,13,15,19H,6-7,10-12,14H2,1H3/t19-,22-/m0/s1. The van der Waals surface area contributed by atoms with Gasteiger partial charge in [-0.05, 0) is 40.9 Å². The Hall–Kier alpha value is -2.13. The highest BCUT2D eigenvalue weighted by Gasteiger charge is 2.57. The van der Waals surface area contributed by atoms with Crippen LogP contribution in [0.3, 0.4) is 0 Å². The summed E-state index contributed by atoms with van der Waals surface area (Å²) in [5.41, 5.74) is 4.33. The number of ether oxygens (including phenoxy) is 1. The molecular formula is C22H24N4O2S2. The number of thiophene rings is 1. The summed E-state index contributed by atoms with van der Waals surface area (Å²) in [5, 5.41) is 4.17. The predicted octanol–water partition coefficient (Wildman–Crippen LogP) is 3.31. The number of aromatic nitrogens is 2. The van der Waals surface area contributed by atoms with E-state index in [0.29, 0.717) is 26.2 Å². The van der Waals surface area contributed by atoms with Gasteiger partial charge in [0, 0.05) is 55.9 Å². The van der Waals surface area contributed by atoms with Gasteiger partial charge in [-0.25, -0.2) is 4.98 Å². The molecule has 0 saturated carbocycles. The summed E-state index contributed by atoms with van der Waals surface area (Å²) in [4.78, 5) is 28.1. The number of pyridine rings is 1. The maximum atomic E-state index is 13.8.